The standard InChI is InChI=1S/C14H23N5O/c1-11-4-6-19(7-5-11)14-17-13(10-16-18-14)15-9-12-3-2-8-20-12/h10-12H,2-9H2,1H3,(H,15,17,18). The third kappa shape index (κ3) is 3.36. The molecule has 6 nitrogen and oxygen atoms in total. The van der Waals surface area contributed by atoms with Gasteiger partial charge in [-0.25, -0.2) is 0 Å². The number of nitrogens with zero attached hydrogens (tertiary/aromatic N) is 4. The van der Waals surface area contributed by atoms with E-state index in [0.717, 1.165) is 56.8 Å². The van der Waals surface area contributed by atoms with Crippen LogP contribution in [0.2, 0.25) is 0 Å². The number of aromatic nitrogens is 3. The molecular weight excluding hydrogens is 254 g/mol. The zero-order valence-electron chi connectivity index (χ0n) is 12.1. The average molecular weight is 277 g/mol. The molecule has 1 unspecified atom stereocenters. The van der Waals surface area contributed by atoms with Gasteiger partial charge < -0.3 is 15.0 Å². The zero-order chi connectivity index (χ0) is 13.8. The van der Waals surface area contributed by atoms with E-state index in [9.17, 15) is 0 Å². The molecule has 3 heterocycles. The van der Waals surface area contributed by atoms with Gasteiger partial charge in [-0.1, -0.05) is 6.92 Å². The number of hydrogen-bond donors (Lipinski definition) is 1. The lowest BCUT2D eigenvalue weighted by molar-refractivity contribution is 0.120. The van der Waals surface area contributed by atoms with Crippen molar-refractivity contribution in [3.8, 4) is 0 Å². The van der Waals surface area contributed by atoms with E-state index in [0.29, 0.717) is 6.10 Å². The Hall–Kier alpha value is -1.43. The maximum Gasteiger partial charge on any atom is 0.247 e. The molecule has 20 heavy (non-hydrogen) atoms. The van der Waals surface area contributed by atoms with E-state index in [2.05, 4.69) is 32.3 Å². The summed E-state index contributed by atoms with van der Waals surface area (Å²) in [5.41, 5.74) is 0. The predicted octanol–water partition coefficient (Wildman–Crippen LogP) is 1.70. The van der Waals surface area contributed by atoms with Crippen LogP contribution in [0, 0.1) is 5.92 Å². The van der Waals surface area contributed by atoms with Crippen molar-refractivity contribution in [1.82, 2.24) is 15.2 Å². The quantitative estimate of drug-likeness (QED) is 0.903. The summed E-state index contributed by atoms with van der Waals surface area (Å²) in [4.78, 5) is 6.79. The smallest absolute Gasteiger partial charge is 0.247 e. The van der Waals surface area contributed by atoms with Crippen molar-refractivity contribution in [1.29, 1.82) is 0 Å². The molecule has 0 aliphatic carbocycles. The molecule has 0 bridgehead atoms. The summed E-state index contributed by atoms with van der Waals surface area (Å²) in [6.45, 7) is 6.03. The van der Waals surface area contributed by atoms with Crippen LogP contribution in [0.15, 0.2) is 6.20 Å². The Bertz CT molecular complexity index is 427. The summed E-state index contributed by atoms with van der Waals surface area (Å²) in [6.07, 6.45) is 6.69. The van der Waals surface area contributed by atoms with E-state index >= 15 is 0 Å². The van der Waals surface area contributed by atoms with Crippen molar-refractivity contribution in [2.75, 3.05) is 36.5 Å². The van der Waals surface area contributed by atoms with Gasteiger partial charge in [0.15, 0.2) is 5.82 Å². The van der Waals surface area contributed by atoms with Gasteiger partial charge in [0.1, 0.15) is 0 Å². The van der Waals surface area contributed by atoms with Crippen LogP contribution in [0.4, 0.5) is 11.8 Å². The highest BCUT2D eigenvalue weighted by Gasteiger charge is 2.19. The number of piperidine rings is 1. The van der Waals surface area contributed by atoms with Crippen molar-refractivity contribution < 1.29 is 4.74 Å². The van der Waals surface area contributed by atoms with Crippen LogP contribution >= 0.6 is 0 Å². The van der Waals surface area contributed by atoms with Crippen molar-refractivity contribution in [3.05, 3.63) is 6.20 Å². The third-order valence-electron chi connectivity index (χ3n) is 4.15. The average Bonchev–Trinajstić information content (AvgIpc) is 3.00. The van der Waals surface area contributed by atoms with Gasteiger partial charge in [0.05, 0.1) is 12.3 Å². The Balaban J connectivity index is 1.57. The highest BCUT2D eigenvalue weighted by molar-refractivity contribution is 5.39. The second kappa shape index (κ2) is 6.35. The molecule has 6 heteroatoms. The van der Waals surface area contributed by atoms with Gasteiger partial charge in [-0.3, -0.25) is 0 Å². The molecular formula is C14H23N5O. The van der Waals surface area contributed by atoms with Gasteiger partial charge in [-0.2, -0.15) is 10.1 Å². The lowest BCUT2D eigenvalue weighted by atomic mass is 10.00. The van der Waals surface area contributed by atoms with E-state index in [1.54, 1.807) is 6.20 Å². The van der Waals surface area contributed by atoms with Crippen molar-refractivity contribution in [3.63, 3.8) is 0 Å². The molecule has 2 aliphatic heterocycles. The summed E-state index contributed by atoms with van der Waals surface area (Å²) in [7, 11) is 0. The first kappa shape index (κ1) is 13.5. The Morgan fingerprint density at radius 1 is 1.35 bits per heavy atom. The SMILES string of the molecule is CC1CCN(c2nncc(NCC3CCCO3)n2)CC1. The minimum atomic E-state index is 0.309. The van der Waals surface area contributed by atoms with Crippen LogP contribution in [0.5, 0.6) is 0 Å². The van der Waals surface area contributed by atoms with Gasteiger partial charge in [-0.15, -0.1) is 5.10 Å². The molecule has 0 amide bonds. The molecule has 0 radical (unpaired) electrons. The van der Waals surface area contributed by atoms with Crippen molar-refractivity contribution in [2.45, 2.75) is 38.7 Å². The summed E-state index contributed by atoms with van der Waals surface area (Å²) in [6, 6.07) is 0. The minimum Gasteiger partial charge on any atom is -0.376 e. The molecule has 1 aromatic rings. The highest BCUT2D eigenvalue weighted by Crippen LogP contribution is 2.20. The minimum absolute atomic E-state index is 0.309. The normalized spacial score (nSPS) is 24.1. The molecule has 0 aromatic carbocycles. The van der Waals surface area contributed by atoms with Gasteiger partial charge in [0, 0.05) is 26.2 Å². The van der Waals surface area contributed by atoms with Crippen LogP contribution in [0.1, 0.15) is 32.6 Å². The lowest BCUT2D eigenvalue weighted by Crippen LogP contribution is -2.34. The van der Waals surface area contributed by atoms with Gasteiger partial charge in [0.2, 0.25) is 5.95 Å². The largest absolute Gasteiger partial charge is 0.376 e. The molecule has 110 valence electrons. The number of ether oxygens (including phenoxy) is 1. The number of nitrogens with one attached hydrogen (secondary N) is 1. The Kier molecular flexibility index (Phi) is 4.30. The molecule has 2 saturated heterocycles. The van der Waals surface area contributed by atoms with Crippen LogP contribution < -0.4 is 10.2 Å². The van der Waals surface area contributed by atoms with Gasteiger partial charge >= 0.3 is 0 Å². The van der Waals surface area contributed by atoms with E-state index in [-0.39, 0.29) is 0 Å². The monoisotopic (exact) mass is 277 g/mol. The molecule has 2 aliphatic rings. The highest BCUT2D eigenvalue weighted by atomic mass is 16.5. The van der Waals surface area contributed by atoms with Crippen LogP contribution in [-0.2, 0) is 4.74 Å². The fourth-order valence-electron chi connectivity index (χ4n) is 2.75. The molecule has 1 aromatic heterocycles. The van der Waals surface area contributed by atoms with Gasteiger partial charge in [-0.05, 0) is 31.6 Å². The molecule has 3 rings (SSSR count). The molecule has 1 atom stereocenters. The second-order valence-electron chi connectivity index (χ2n) is 5.83. The summed E-state index contributed by atoms with van der Waals surface area (Å²) >= 11 is 0. The lowest BCUT2D eigenvalue weighted by Gasteiger charge is -2.29. The van der Waals surface area contributed by atoms with Gasteiger partial charge in [0.25, 0.3) is 0 Å². The molecule has 0 saturated carbocycles. The van der Waals surface area contributed by atoms with Crippen LogP contribution in [0.25, 0.3) is 0 Å². The summed E-state index contributed by atoms with van der Waals surface area (Å²) < 4.78 is 5.60. The first-order chi connectivity index (χ1) is 9.81. The summed E-state index contributed by atoms with van der Waals surface area (Å²) in [5.74, 6) is 2.35. The number of rotatable bonds is 4. The fraction of sp³-hybridized carbons (Fsp3) is 0.786. The van der Waals surface area contributed by atoms with E-state index < -0.39 is 0 Å². The Morgan fingerprint density at radius 3 is 2.95 bits per heavy atom. The summed E-state index contributed by atoms with van der Waals surface area (Å²) in [5, 5.41) is 11.5. The van der Waals surface area contributed by atoms with Crippen LogP contribution in [0.3, 0.4) is 0 Å². The predicted molar refractivity (Wildman–Crippen MR) is 77.9 cm³/mol. The maximum absolute atomic E-state index is 5.60. The fourth-order valence-corrected chi connectivity index (χ4v) is 2.75. The Labute approximate surface area is 119 Å². The van der Waals surface area contributed by atoms with E-state index in [4.69, 9.17) is 4.74 Å². The van der Waals surface area contributed by atoms with Crippen molar-refractivity contribution >= 4 is 11.8 Å². The first-order valence-electron chi connectivity index (χ1n) is 7.61. The topological polar surface area (TPSA) is 63.2 Å². The zero-order valence-corrected chi connectivity index (χ0v) is 12.1. The molecule has 1 N–H and O–H groups in total. The first-order valence-corrected chi connectivity index (χ1v) is 7.61. The van der Waals surface area contributed by atoms with Crippen LogP contribution in [-0.4, -0.2) is 47.5 Å². The molecule has 0 spiro atoms. The van der Waals surface area contributed by atoms with Crippen molar-refractivity contribution in [2.24, 2.45) is 5.92 Å². The third-order valence-corrected chi connectivity index (χ3v) is 4.15. The number of hydrogen-bond acceptors (Lipinski definition) is 6. The number of anilines is 2. The molecule has 2 fully saturated rings. The van der Waals surface area contributed by atoms with E-state index in [1.807, 2.05) is 0 Å². The second-order valence-corrected chi connectivity index (χ2v) is 5.83. The Morgan fingerprint density at radius 2 is 2.20 bits per heavy atom. The maximum atomic E-state index is 5.60. The van der Waals surface area contributed by atoms with E-state index in [1.165, 1.54) is 12.8 Å².